The van der Waals surface area contributed by atoms with Crippen LogP contribution in [0.2, 0.25) is 0 Å². The number of nitrogens with one attached hydrogen (secondary N) is 1. The summed E-state index contributed by atoms with van der Waals surface area (Å²) >= 11 is 1.68. The Balaban J connectivity index is 1.48. The number of hydrogen-bond acceptors (Lipinski definition) is 8. The molecule has 8 nitrogen and oxygen atoms in total. The SMILES string of the molecule is CN(C)CCOc1cc2c(cc1Nc1ncnc3sc4c(c13)CC[C@H](C(=O)N(C)C)C4)C=NC2. The molecule has 0 fully saturated rings. The molecule has 0 saturated carbocycles. The van der Waals surface area contributed by atoms with Gasteiger partial charge in [0, 0.05) is 37.6 Å². The molecule has 3 aromatic rings. The summed E-state index contributed by atoms with van der Waals surface area (Å²) in [6.07, 6.45) is 5.98. The number of likely N-dealkylation sites (N-methyl/N-ethyl adjacent to an activating group) is 1. The minimum absolute atomic E-state index is 0.0348. The number of carbonyl (C=O) groups is 1. The van der Waals surface area contributed by atoms with Crippen molar-refractivity contribution in [2.24, 2.45) is 10.9 Å². The van der Waals surface area contributed by atoms with Crippen LogP contribution in [0, 0.1) is 5.92 Å². The molecule has 2 aromatic heterocycles. The van der Waals surface area contributed by atoms with Crippen LogP contribution < -0.4 is 10.1 Å². The minimum Gasteiger partial charge on any atom is -0.490 e. The predicted molar refractivity (Wildman–Crippen MR) is 137 cm³/mol. The number of aryl methyl sites for hydroxylation is 1. The zero-order chi connectivity index (χ0) is 23.8. The molecule has 1 N–H and O–H groups in total. The molecule has 1 aliphatic carbocycles. The van der Waals surface area contributed by atoms with E-state index in [9.17, 15) is 4.79 Å². The summed E-state index contributed by atoms with van der Waals surface area (Å²) in [4.78, 5) is 32.1. The van der Waals surface area contributed by atoms with Crippen LogP contribution in [0.4, 0.5) is 11.5 Å². The molecule has 5 rings (SSSR count). The van der Waals surface area contributed by atoms with Gasteiger partial charge in [-0.05, 0) is 62.2 Å². The molecule has 1 amide bonds. The lowest BCUT2D eigenvalue weighted by molar-refractivity contribution is -0.133. The molecular formula is C25H30N6O2S. The average molecular weight is 479 g/mol. The van der Waals surface area contributed by atoms with E-state index in [0.717, 1.165) is 58.8 Å². The van der Waals surface area contributed by atoms with E-state index < -0.39 is 0 Å². The van der Waals surface area contributed by atoms with Crippen LogP contribution in [0.1, 0.15) is 28.0 Å². The molecule has 0 saturated heterocycles. The first-order valence-electron chi connectivity index (χ1n) is 11.6. The zero-order valence-corrected chi connectivity index (χ0v) is 20.9. The second-order valence-electron chi connectivity index (χ2n) is 9.37. The summed E-state index contributed by atoms with van der Waals surface area (Å²) in [6.45, 7) is 2.10. The number of carbonyl (C=O) groups excluding carboxylic acids is 1. The summed E-state index contributed by atoms with van der Waals surface area (Å²) < 4.78 is 6.17. The second kappa shape index (κ2) is 9.31. The molecule has 0 radical (unpaired) electrons. The Hall–Kier alpha value is -3.04. The van der Waals surface area contributed by atoms with Gasteiger partial charge in [-0.3, -0.25) is 9.79 Å². The lowest BCUT2D eigenvalue weighted by Gasteiger charge is -2.24. The maximum absolute atomic E-state index is 12.6. The molecule has 0 bridgehead atoms. The van der Waals surface area contributed by atoms with Gasteiger partial charge in [0.05, 0.1) is 17.6 Å². The van der Waals surface area contributed by atoms with Crippen molar-refractivity contribution in [1.82, 2.24) is 19.8 Å². The number of benzene rings is 1. The van der Waals surface area contributed by atoms with Crippen LogP contribution >= 0.6 is 11.3 Å². The number of aromatic nitrogens is 2. The van der Waals surface area contributed by atoms with E-state index in [4.69, 9.17) is 4.74 Å². The smallest absolute Gasteiger partial charge is 0.225 e. The number of aliphatic imine (C=N–C) groups is 1. The van der Waals surface area contributed by atoms with Gasteiger partial charge in [0.1, 0.15) is 29.3 Å². The van der Waals surface area contributed by atoms with Crippen molar-refractivity contribution < 1.29 is 9.53 Å². The summed E-state index contributed by atoms with van der Waals surface area (Å²) in [5.74, 6) is 1.82. The van der Waals surface area contributed by atoms with Gasteiger partial charge < -0.3 is 19.9 Å². The Labute approximate surface area is 203 Å². The fourth-order valence-corrected chi connectivity index (χ4v) is 5.87. The summed E-state index contributed by atoms with van der Waals surface area (Å²) in [6, 6.07) is 4.18. The fourth-order valence-electron chi connectivity index (χ4n) is 4.60. The third kappa shape index (κ3) is 4.37. The van der Waals surface area contributed by atoms with Crippen LogP contribution in [0.25, 0.3) is 10.2 Å². The first kappa shape index (κ1) is 22.7. The van der Waals surface area contributed by atoms with Gasteiger partial charge in [-0.15, -0.1) is 11.3 Å². The molecule has 3 heterocycles. The largest absolute Gasteiger partial charge is 0.490 e. The Morgan fingerprint density at radius 1 is 1.24 bits per heavy atom. The van der Waals surface area contributed by atoms with E-state index in [1.807, 2.05) is 34.4 Å². The Kier molecular flexibility index (Phi) is 6.22. The number of thiophene rings is 1. The first-order valence-corrected chi connectivity index (χ1v) is 12.4. The Morgan fingerprint density at radius 3 is 2.88 bits per heavy atom. The molecule has 2 aliphatic rings. The molecule has 34 heavy (non-hydrogen) atoms. The third-order valence-corrected chi connectivity index (χ3v) is 7.58. The molecular weight excluding hydrogens is 448 g/mol. The van der Waals surface area contributed by atoms with Gasteiger partial charge in [-0.1, -0.05) is 0 Å². The predicted octanol–water partition coefficient (Wildman–Crippen LogP) is 3.50. The normalized spacial score (nSPS) is 16.6. The van der Waals surface area contributed by atoms with Gasteiger partial charge in [-0.25, -0.2) is 9.97 Å². The summed E-state index contributed by atoms with van der Waals surface area (Å²) in [5.41, 5.74) is 4.42. The topological polar surface area (TPSA) is 82.9 Å². The van der Waals surface area contributed by atoms with Gasteiger partial charge in [0.2, 0.25) is 5.91 Å². The van der Waals surface area contributed by atoms with E-state index in [0.29, 0.717) is 13.2 Å². The van der Waals surface area contributed by atoms with E-state index in [2.05, 4.69) is 37.3 Å². The average Bonchev–Trinajstić information content (AvgIpc) is 3.41. The molecule has 0 unspecified atom stereocenters. The van der Waals surface area contributed by atoms with Crippen molar-refractivity contribution in [3.05, 3.63) is 40.0 Å². The maximum atomic E-state index is 12.6. The third-order valence-electron chi connectivity index (χ3n) is 6.42. The van der Waals surface area contributed by atoms with Crippen molar-refractivity contribution in [2.45, 2.75) is 25.8 Å². The van der Waals surface area contributed by atoms with Crippen molar-refractivity contribution in [1.29, 1.82) is 0 Å². The van der Waals surface area contributed by atoms with E-state index in [-0.39, 0.29) is 11.8 Å². The summed E-state index contributed by atoms with van der Waals surface area (Å²) in [7, 11) is 7.73. The number of hydrogen-bond donors (Lipinski definition) is 1. The minimum atomic E-state index is 0.0348. The second-order valence-corrected chi connectivity index (χ2v) is 10.5. The van der Waals surface area contributed by atoms with Gasteiger partial charge in [-0.2, -0.15) is 0 Å². The first-order chi connectivity index (χ1) is 16.4. The van der Waals surface area contributed by atoms with Gasteiger partial charge >= 0.3 is 0 Å². The van der Waals surface area contributed by atoms with Crippen LogP contribution in [0.3, 0.4) is 0 Å². The molecule has 9 heteroatoms. The molecule has 1 aromatic carbocycles. The van der Waals surface area contributed by atoms with E-state index in [1.165, 1.54) is 16.0 Å². The lowest BCUT2D eigenvalue weighted by Crippen LogP contribution is -2.32. The molecule has 0 spiro atoms. The van der Waals surface area contributed by atoms with E-state index >= 15 is 0 Å². The highest BCUT2D eigenvalue weighted by molar-refractivity contribution is 7.19. The number of nitrogens with zero attached hydrogens (tertiary/aromatic N) is 5. The van der Waals surface area contributed by atoms with Gasteiger partial charge in [0.25, 0.3) is 0 Å². The zero-order valence-electron chi connectivity index (χ0n) is 20.1. The number of ether oxygens (including phenoxy) is 1. The molecule has 1 aliphatic heterocycles. The van der Waals surface area contributed by atoms with E-state index in [1.54, 1.807) is 22.6 Å². The number of rotatable bonds is 7. The molecule has 178 valence electrons. The Morgan fingerprint density at radius 2 is 2.09 bits per heavy atom. The van der Waals surface area contributed by atoms with Crippen molar-refractivity contribution in [3.63, 3.8) is 0 Å². The fraction of sp³-hybridized carbons (Fsp3) is 0.440. The van der Waals surface area contributed by atoms with Crippen molar-refractivity contribution >= 4 is 45.2 Å². The number of amides is 1. The Bertz CT molecular complexity index is 1270. The lowest BCUT2D eigenvalue weighted by atomic mass is 9.87. The highest BCUT2D eigenvalue weighted by Crippen LogP contribution is 2.42. The molecule has 1 atom stereocenters. The standard InChI is InChI=1S/C25H30N6O2S/c1-30(2)7-8-33-20-10-17-13-26-12-16(17)9-19(20)29-23-22-18-6-5-15(25(32)31(3)4)11-21(18)34-24(22)28-14-27-23/h9-10,12,14-15H,5-8,11,13H2,1-4H3,(H,27,28,29)/t15-/m0/s1. The highest BCUT2D eigenvalue weighted by Gasteiger charge is 2.30. The number of fused-ring (bicyclic) bond motifs is 4. The number of anilines is 2. The van der Waals surface area contributed by atoms with Crippen LogP contribution in [-0.2, 0) is 24.2 Å². The quantitative estimate of drug-likeness (QED) is 0.560. The monoisotopic (exact) mass is 478 g/mol. The summed E-state index contributed by atoms with van der Waals surface area (Å²) in [5, 5.41) is 4.61. The van der Waals surface area contributed by atoms with Gasteiger partial charge in [0.15, 0.2) is 0 Å². The van der Waals surface area contributed by atoms with Crippen molar-refractivity contribution in [2.75, 3.05) is 46.7 Å². The van der Waals surface area contributed by atoms with Crippen LogP contribution in [0.5, 0.6) is 5.75 Å². The highest BCUT2D eigenvalue weighted by atomic mass is 32.1. The van der Waals surface area contributed by atoms with Crippen LogP contribution in [0.15, 0.2) is 23.5 Å². The van der Waals surface area contributed by atoms with Crippen molar-refractivity contribution in [3.8, 4) is 5.75 Å². The maximum Gasteiger partial charge on any atom is 0.225 e. The van der Waals surface area contributed by atoms with Crippen LogP contribution in [-0.4, -0.2) is 73.2 Å².